The summed E-state index contributed by atoms with van der Waals surface area (Å²) < 4.78 is 10.2. The fourth-order valence-corrected chi connectivity index (χ4v) is 2.25. The minimum atomic E-state index is -0.138. The molecule has 6 heteroatoms. The smallest absolute Gasteiger partial charge is 0.256 e. The van der Waals surface area contributed by atoms with Crippen LogP contribution in [-0.2, 0) is 16.1 Å². The van der Waals surface area contributed by atoms with Crippen LogP contribution in [-0.4, -0.2) is 30.1 Å². The van der Waals surface area contributed by atoms with Gasteiger partial charge in [0.05, 0.1) is 24.6 Å². The van der Waals surface area contributed by atoms with Crippen molar-refractivity contribution in [3.63, 3.8) is 0 Å². The number of hydrogen-bond acceptors (Lipinski definition) is 4. The van der Waals surface area contributed by atoms with Gasteiger partial charge in [-0.1, -0.05) is 0 Å². The second kappa shape index (κ2) is 5.41. The summed E-state index contributed by atoms with van der Waals surface area (Å²) in [6.45, 7) is 0.403. The van der Waals surface area contributed by atoms with Gasteiger partial charge >= 0.3 is 0 Å². The third kappa shape index (κ3) is 2.53. The van der Waals surface area contributed by atoms with Gasteiger partial charge in [0.2, 0.25) is 0 Å². The summed E-state index contributed by atoms with van der Waals surface area (Å²) in [4.78, 5) is 19.4. The highest BCUT2D eigenvalue weighted by Gasteiger charge is 2.24. The van der Waals surface area contributed by atoms with Crippen LogP contribution < -0.4 is 10.1 Å². The van der Waals surface area contributed by atoms with E-state index in [2.05, 4.69) is 15.3 Å². The summed E-state index contributed by atoms with van der Waals surface area (Å²) in [5, 5.41) is 2.83. The highest BCUT2D eigenvalue weighted by molar-refractivity contribution is 6.34. The standard InChI is InChI=1S/C15H15N3O3/c1-20-8-14-16-7-9(17-14)5-12-11-6-10(21-2)3-4-13(11)18-15(12)19/h3-7H,8H2,1-2H3,(H,16,17)(H,18,19)/b12-5-. The predicted octanol–water partition coefficient (Wildman–Crippen LogP) is 2.06. The fourth-order valence-electron chi connectivity index (χ4n) is 2.25. The van der Waals surface area contributed by atoms with Gasteiger partial charge in [-0.15, -0.1) is 0 Å². The van der Waals surface area contributed by atoms with Gasteiger partial charge in [0.15, 0.2) is 0 Å². The number of methoxy groups -OCH3 is 2. The lowest BCUT2D eigenvalue weighted by Gasteiger charge is -2.02. The molecule has 0 radical (unpaired) electrons. The minimum Gasteiger partial charge on any atom is -0.497 e. The van der Waals surface area contributed by atoms with Crippen molar-refractivity contribution in [2.75, 3.05) is 19.5 Å². The number of carbonyl (C=O) groups is 1. The van der Waals surface area contributed by atoms with E-state index in [9.17, 15) is 4.79 Å². The summed E-state index contributed by atoms with van der Waals surface area (Å²) in [7, 11) is 3.20. The van der Waals surface area contributed by atoms with Gasteiger partial charge < -0.3 is 19.8 Å². The molecule has 0 bridgehead atoms. The van der Waals surface area contributed by atoms with Crippen LogP contribution in [0.2, 0.25) is 0 Å². The number of nitrogens with zero attached hydrogens (tertiary/aromatic N) is 1. The van der Waals surface area contributed by atoms with E-state index in [0.717, 1.165) is 16.9 Å². The van der Waals surface area contributed by atoms with E-state index in [4.69, 9.17) is 9.47 Å². The zero-order valence-electron chi connectivity index (χ0n) is 11.8. The van der Waals surface area contributed by atoms with Gasteiger partial charge in [0, 0.05) is 18.4 Å². The van der Waals surface area contributed by atoms with Crippen LogP contribution in [0.25, 0.3) is 11.6 Å². The maximum atomic E-state index is 12.1. The number of anilines is 1. The maximum Gasteiger partial charge on any atom is 0.256 e. The summed E-state index contributed by atoms with van der Waals surface area (Å²) in [5.41, 5.74) is 2.94. The quantitative estimate of drug-likeness (QED) is 0.843. The van der Waals surface area contributed by atoms with Gasteiger partial charge in [-0.05, 0) is 24.3 Å². The Morgan fingerprint density at radius 3 is 2.95 bits per heavy atom. The molecule has 0 atom stereocenters. The number of nitrogens with one attached hydrogen (secondary N) is 2. The van der Waals surface area contributed by atoms with Gasteiger partial charge in [-0.25, -0.2) is 4.98 Å². The maximum absolute atomic E-state index is 12.1. The van der Waals surface area contributed by atoms with Crippen LogP contribution in [0, 0.1) is 0 Å². The highest BCUT2D eigenvalue weighted by atomic mass is 16.5. The van der Waals surface area contributed by atoms with Gasteiger partial charge in [0.1, 0.15) is 18.2 Å². The lowest BCUT2D eigenvalue weighted by molar-refractivity contribution is -0.110. The first-order valence-electron chi connectivity index (χ1n) is 6.45. The zero-order chi connectivity index (χ0) is 14.8. The summed E-state index contributed by atoms with van der Waals surface area (Å²) in [6.07, 6.45) is 3.44. The number of rotatable bonds is 4. The normalized spacial score (nSPS) is 15.1. The number of H-pyrrole nitrogens is 1. The van der Waals surface area contributed by atoms with Gasteiger partial charge in [0.25, 0.3) is 5.91 Å². The molecular formula is C15H15N3O3. The first-order chi connectivity index (χ1) is 10.2. The van der Waals surface area contributed by atoms with Crippen LogP contribution in [0.4, 0.5) is 5.69 Å². The van der Waals surface area contributed by atoms with E-state index in [1.165, 1.54) is 0 Å². The van der Waals surface area contributed by atoms with Crippen molar-refractivity contribution < 1.29 is 14.3 Å². The number of ether oxygens (including phenoxy) is 2. The third-order valence-electron chi connectivity index (χ3n) is 3.24. The molecule has 1 amide bonds. The van der Waals surface area contributed by atoms with E-state index in [0.29, 0.717) is 23.8 Å². The zero-order valence-corrected chi connectivity index (χ0v) is 11.8. The second-order valence-corrected chi connectivity index (χ2v) is 4.64. The van der Waals surface area contributed by atoms with Crippen molar-refractivity contribution in [3.8, 4) is 5.75 Å². The van der Waals surface area contributed by atoms with Crippen molar-refractivity contribution in [2.24, 2.45) is 0 Å². The molecule has 2 heterocycles. The fraction of sp³-hybridized carbons (Fsp3) is 0.200. The molecule has 2 N–H and O–H groups in total. The van der Waals surface area contributed by atoms with Gasteiger partial charge in [-0.3, -0.25) is 4.79 Å². The Hall–Kier alpha value is -2.60. The molecule has 0 aliphatic carbocycles. The Balaban J connectivity index is 1.98. The third-order valence-corrected chi connectivity index (χ3v) is 3.24. The number of carbonyl (C=O) groups excluding carboxylic acids is 1. The lowest BCUT2D eigenvalue weighted by atomic mass is 10.1. The Kier molecular flexibility index (Phi) is 3.45. The summed E-state index contributed by atoms with van der Waals surface area (Å²) >= 11 is 0. The average molecular weight is 285 g/mol. The van der Waals surface area contributed by atoms with Crippen LogP contribution in [0.3, 0.4) is 0 Å². The monoisotopic (exact) mass is 285 g/mol. The minimum absolute atomic E-state index is 0.138. The largest absolute Gasteiger partial charge is 0.497 e. The number of imidazole rings is 1. The Morgan fingerprint density at radius 1 is 1.33 bits per heavy atom. The average Bonchev–Trinajstić information content (AvgIpc) is 3.05. The highest BCUT2D eigenvalue weighted by Crippen LogP contribution is 2.35. The first-order valence-corrected chi connectivity index (χ1v) is 6.45. The van der Waals surface area contributed by atoms with Crippen LogP contribution in [0.15, 0.2) is 24.4 Å². The molecule has 2 aromatic rings. The Bertz CT molecular complexity index is 719. The van der Waals surface area contributed by atoms with Crippen LogP contribution >= 0.6 is 0 Å². The van der Waals surface area contributed by atoms with E-state index in [1.807, 2.05) is 18.2 Å². The molecule has 0 fully saturated rings. The van der Waals surface area contributed by atoms with E-state index in [1.54, 1.807) is 26.5 Å². The van der Waals surface area contributed by atoms with Crippen molar-refractivity contribution >= 4 is 23.2 Å². The summed E-state index contributed by atoms with van der Waals surface area (Å²) in [5.74, 6) is 1.29. The van der Waals surface area contributed by atoms with Gasteiger partial charge in [-0.2, -0.15) is 0 Å². The molecule has 21 heavy (non-hydrogen) atoms. The number of aromatic nitrogens is 2. The van der Waals surface area contributed by atoms with Crippen molar-refractivity contribution in [1.29, 1.82) is 0 Å². The summed E-state index contributed by atoms with van der Waals surface area (Å²) in [6, 6.07) is 5.48. The molecular weight excluding hydrogens is 270 g/mol. The van der Waals surface area contributed by atoms with E-state index >= 15 is 0 Å². The molecule has 108 valence electrons. The molecule has 0 saturated carbocycles. The number of fused-ring (bicyclic) bond motifs is 1. The van der Waals surface area contributed by atoms with Crippen molar-refractivity contribution in [3.05, 3.63) is 41.5 Å². The number of amides is 1. The predicted molar refractivity (Wildman–Crippen MR) is 78.8 cm³/mol. The molecule has 6 nitrogen and oxygen atoms in total. The topological polar surface area (TPSA) is 76.2 Å². The molecule has 1 aliphatic heterocycles. The molecule has 1 aliphatic rings. The molecule has 0 spiro atoms. The van der Waals surface area contributed by atoms with Crippen LogP contribution in [0.5, 0.6) is 5.75 Å². The van der Waals surface area contributed by atoms with Crippen molar-refractivity contribution in [1.82, 2.24) is 9.97 Å². The molecule has 0 saturated heterocycles. The van der Waals surface area contributed by atoms with E-state index < -0.39 is 0 Å². The molecule has 3 rings (SSSR count). The number of aromatic amines is 1. The number of benzene rings is 1. The Labute approximate surface area is 121 Å². The molecule has 1 aromatic heterocycles. The number of hydrogen-bond donors (Lipinski definition) is 2. The molecule has 1 aromatic carbocycles. The second-order valence-electron chi connectivity index (χ2n) is 4.64. The lowest BCUT2D eigenvalue weighted by Crippen LogP contribution is -2.03. The first kappa shape index (κ1) is 13.4. The Morgan fingerprint density at radius 2 is 2.19 bits per heavy atom. The van der Waals surface area contributed by atoms with Crippen LogP contribution in [0.1, 0.15) is 17.1 Å². The SMILES string of the molecule is COCc1ncc(/C=C2\C(=O)Nc3ccc(OC)cc32)[nH]1. The van der Waals surface area contributed by atoms with E-state index in [-0.39, 0.29) is 5.91 Å². The van der Waals surface area contributed by atoms with Crippen molar-refractivity contribution in [2.45, 2.75) is 6.61 Å². The molecule has 0 unspecified atom stereocenters.